The molecule has 0 heterocycles. The van der Waals surface area contributed by atoms with Crippen LogP contribution < -0.4 is 0 Å². The van der Waals surface area contributed by atoms with Crippen molar-refractivity contribution >= 4 is 0 Å². The van der Waals surface area contributed by atoms with E-state index >= 15 is 0 Å². The third kappa shape index (κ3) is 4.02. The molecule has 0 atom stereocenters. The van der Waals surface area contributed by atoms with E-state index in [4.69, 9.17) is 4.74 Å². The molecule has 0 spiro atoms. The molecule has 0 aromatic heterocycles. The van der Waals surface area contributed by atoms with Crippen molar-refractivity contribution in [2.75, 3.05) is 7.11 Å². The van der Waals surface area contributed by atoms with Gasteiger partial charge in [-0.2, -0.15) is 0 Å². The SMILES string of the molecule is C=C(/C=C\C(=C/C)C(C)C)OC. The Morgan fingerprint density at radius 3 is 2.25 bits per heavy atom. The largest absolute Gasteiger partial charge is 0.497 e. The molecule has 0 aliphatic carbocycles. The Morgan fingerprint density at radius 2 is 1.92 bits per heavy atom. The first-order valence-corrected chi connectivity index (χ1v) is 4.19. The molecule has 0 rings (SSSR count). The van der Waals surface area contributed by atoms with E-state index in [1.54, 1.807) is 7.11 Å². The van der Waals surface area contributed by atoms with E-state index in [0.29, 0.717) is 11.7 Å². The van der Waals surface area contributed by atoms with Gasteiger partial charge in [-0.25, -0.2) is 0 Å². The van der Waals surface area contributed by atoms with Gasteiger partial charge in [-0.3, -0.25) is 0 Å². The summed E-state index contributed by atoms with van der Waals surface area (Å²) in [4.78, 5) is 0. The minimum Gasteiger partial charge on any atom is -0.497 e. The Morgan fingerprint density at radius 1 is 1.33 bits per heavy atom. The van der Waals surface area contributed by atoms with Crippen molar-refractivity contribution in [1.82, 2.24) is 0 Å². The van der Waals surface area contributed by atoms with E-state index in [2.05, 4.69) is 26.5 Å². The number of methoxy groups -OCH3 is 1. The first kappa shape index (κ1) is 11.0. The topological polar surface area (TPSA) is 9.23 Å². The molecule has 0 saturated carbocycles. The zero-order valence-electron chi connectivity index (χ0n) is 8.42. The van der Waals surface area contributed by atoms with Crippen molar-refractivity contribution in [3.63, 3.8) is 0 Å². The molecule has 0 aromatic rings. The molecule has 0 radical (unpaired) electrons. The van der Waals surface area contributed by atoms with Gasteiger partial charge in [0.25, 0.3) is 0 Å². The Kier molecular flexibility index (Phi) is 5.18. The molecule has 0 N–H and O–H groups in total. The summed E-state index contributed by atoms with van der Waals surface area (Å²) >= 11 is 0. The molecular weight excluding hydrogens is 148 g/mol. The van der Waals surface area contributed by atoms with Gasteiger partial charge < -0.3 is 4.74 Å². The fourth-order valence-electron chi connectivity index (χ4n) is 0.879. The third-order valence-electron chi connectivity index (χ3n) is 1.72. The molecule has 0 aliphatic rings. The van der Waals surface area contributed by atoms with Crippen LogP contribution in [-0.2, 0) is 4.74 Å². The first-order valence-electron chi connectivity index (χ1n) is 4.19. The van der Waals surface area contributed by atoms with Gasteiger partial charge in [-0.1, -0.05) is 32.6 Å². The normalized spacial score (nSPS) is 12.6. The predicted octanol–water partition coefficient (Wildman–Crippen LogP) is 3.31. The van der Waals surface area contributed by atoms with Gasteiger partial charge >= 0.3 is 0 Å². The number of hydrogen-bond donors (Lipinski definition) is 0. The lowest BCUT2D eigenvalue weighted by Gasteiger charge is -2.04. The Hall–Kier alpha value is -0.980. The highest BCUT2D eigenvalue weighted by Gasteiger charge is 1.96. The zero-order chi connectivity index (χ0) is 9.56. The molecule has 0 amide bonds. The first-order chi connectivity index (χ1) is 5.61. The van der Waals surface area contributed by atoms with Crippen molar-refractivity contribution in [3.8, 4) is 0 Å². The molecule has 0 bridgehead atoms. The average Bonchev–Trinajstić information content (AvgIpc) is 2.04. The second-order valence-corrected chi connectivity index (χ2v) is 2.95. The van der Waals surface area contributed by atoms with Crippen LogP contribution in [0.25, 0.3) is 0 Å². The minimum atomic E-state index is 0.552. The highest BCUT2D eigenvalue weighted by atomic mass is 16.5. The summed E-state index contributed by atoms with van der Waals surface area (Å²) in [6.07, 6.45) is 6.02. The van der Waals surface area contributed by atoms with Gasteiger partial charge in [0, 0.05) is 0 Å². The van der Waals surface area contributed by atoms with Crippen LogP contribution >= 0.6 is 0 Å². The molecule has 0 aromatic carbocycles. The summed E-state index contributed by atoms with van der Waals surface area (Å²) in [6.45, 7) is 10.1. The van der Waals surface area contributed by atoms with Gasteiger partial charge in [-0.05, 0) is 24.5 Å². The lowest BCUT2D eigenvalue weighted by molar-refractivity contribution is 0.309. The van der Waals surface area contributed by atoms with E-state index in [1.165, 1.54) is 5.57 Å². The highest BCUT2D eigenvalue weighted by Crippen LogP contribution is 2.11. The standard InChI is InChI=1S/C11H18O/c1-6-11(9(2)3)8-7-10(4)12-5/h6-9H,4H2,1-3,5H3/b8-7-,11-6+. The summed E-state index contributed by atoms with van der Waals surface area (Å²) in [6, 6.07) is 0. The maximum absolute atomic E-state index is 4.92. The van der Waals surface area contributed by atoms with Crippen LogP contribution in [0.2, 0.25) is 0 Å². The monoisotopic (exact) mass is 166 g/mol. The smallest absolute Gasteiger partial charge is 0.111 e. The average molecular weight is 166 g/mol. The van der Waals surface area contributed by atoms with Crippen LogP contribution in [-0.4, -0.2) is 7.11 Å². The molecular formula is C11H18O. The van der Waals surface area contributed by atoms with E-state index in [1.807, 2.05) is 19.1 Å². The Labute approximate surface area is 75.4 Å². The molecule has 12 heavy (non-hydrogen) atoms. The fourth-order valence-corrected chi connectivity index (χ4v) is 0.879. The number of rotatable bonds is 4. The summed E-state index contributed by atoms with van der Waals surface area (Å²) in [5.41, 5.74) is 1.30. The molecule has 68 valence electrons. The van der Waals surface area contributed by atoms with Gasteiger partial charge in [0.2, 0.25) is 0 Å². The van der Waals surface area contributed by atoms with Crippen LogP contribution in [0.3, 0.4) is 0 Å². The summed E-state index contributed by atoms with van der Waals surface area (Å²) in [5, 5.41) is 0. The Balaban J connectivity index is 4.22. The number of hydrogen-bond acceptors (Lipinski definition) is 1. The van der Waals surface area contributed by atoms with Crippen molar-refractivity contribution < 1.29 is 4.74 Å². The van der Waals surface area contributed by atoms with Crippen LogP contribution in [0.15, 0.2) is 36.1 Å². The molecule has 1 nitrogen and oxygen atoms in total. The van der Waals surface area contributed by atoms with Crippen LogP contribution in [0.1, 0.15) is 20.8 Å². The van der Waals surface area contributed by atoms with E-state index in [-0.39, 0.29) is 0 Å². The Bertz CT molecular complexity index is 197. The molecule has 0 unspecified atom stereocenters. The van der Waals surface area contributed by atoms with Crippen molar-refractivity contribution in [3.05, 3.63) is 36.1 Å². The van der Waals surface area contributed by atoms with Crippen LogP contribution in [0, 0.1) is 5.92 Å². The second-order valence-electron chi connectivity index (χ2n) is 2.95. The van der Waals surface area contributed by atoms with E-state index in [9.17, 15) is 0 Å². The van der Waals surface area contributed by atoms with Crippen LogP contribution in [0.5, 0.6) is 0 Å². The maximum Gasteiger partial charge on any atom is 0.111 e. The van der Waals surface area contributed by atoms with Crippen molar-refractivity contribution in [2.24, 2.45) is 5.92 Å². The summed E-state index contributed by atoms with van der Waals surface area (Å²) in [5.74, 6) is 1.24. The van der Waals surface area contributed by atoms with E-state index in [0.717, 1.165) is 0 Å². The highest BCUT2D eigenvalue weighted by molar-refractivity contribution is 5.24. The molecule has 1 heteroatoms. The quantitative estimate of drug-likeness (QED) is 0.460. The molecule has 0 fully saturated rings. The van der Waals surface area contributed by atoms with Gasteiger partial charge in [-0.15, -0.1) is 0 Å². The number of ether oxygens (including phenoxy) is 1. The fraction of sp³-hybridized carbons (Fsp3) is 0.455. The summed E-state index contributed by atoms with van der Waals surface area (Å²) in [7, 11) is 1.62. The minimum absolute atomic E-state index is 0.552. The summed E-state index contributed by atoms with van der Waals surface area (Å²) < 4.78 is 4.92. The lowest BCUT2D eigenvalue weighted by atomic mass is 10.0. The van der Waals surface area contributed by atoms with Crippen molar-refractivity contribution in [2.45, 2.75) is 20.8 Å². The second kappa shape index (κ2) is 5.64. The van der Waals surface area contributed by atoms with Crippen LogP contribution in [0.4, 0.5) is 0 Å². The predicted molar refractivity (Wildman–Crippen MR) is 53.9 cm³/mol. The zero-order valence-corrected chi connectivity index (χ0v) is 8.42. The maximum atomic E-state index is 4.92. The number of allylic oxidation sites excluding steroid dienone is 4. The van der Waals surface area contributed by atoms with Crippen molar-refractivity contribution in [1.29, 1.82) is 0 Å². The van der Waals surface area contributed by atoms with E-state index < -0.39 is 0 Å². The van der Waals surface area contributed by atoms with Gasteiger partial charge in [0.1, 0.15) is 5.76 Å². The van der Waals surface area contributed by atoms with Gasteiger partial charge in [0.15, 0.2) is 0 Å². The molecule has 0 aliphatic heterocycles. The molecule has 0 saturated heterocycles. The third-order valence-corrected chi connectivity index (χ3v) is 1.72. The lowest BCUT2D eigenvalue weighted by Crippen LogP contribution is -1.89. The van der Waals surface area contributed by atoms with Gasteiger partial charge in [0.05, 0.1) is 7.11 Å².